The van der Waals surface area contributed by atoms with Gasteiger partial charge < -0.3 is 9.52 Å². The number of hydrogen-bond donors (Lipinski definition) is 1. The van der Waals surface area contributed by atoms with Crippen LogP contribution in [-0.4, -0.2) is 48.9 Å². The maximum Gasteiger partial charge on any atom is 0.336 e. The molecule has 0 atom stereocenters. The van der Waals surface area contributed by atoms with E-state index >= 15 is 0 Å². The number of piperazine rings is 1. The zero-order valence-electron chi connectivity index (χ0n) is 16.3. The molecule has 0 radical (unpaired) electrons. The molecule has 7 nitrogen and oxygen atoms in total. The molecule has 0 aliphatic carbocycles. The van der Waals surface area contributed by atoms with Crippen LogP contribution in [0.5, 0.6) is 5.75 Å². The Hall–Kier alpha value is -2.39. The van der Waals surface area contributed by atoms with Gasteiger partial charge in [0.15, 0.2) is 0 Å². The first-order chi connectivity index (χ1) is 14.3. The Morgan fingerprint density at radius 2 is 1.73 bits per heavy atom. The molecule has 2 aromatic carbocycles. The second-order valence-corrected chi connectivity index (χ2v) is 9.69. The number of hydrogen-bond acceptors (Lipinski definition) is 6. The summed E-state index contributed by atoms with van der Waals surface area (Å²) < 4.78 is 32.4. The fourth-order valence-corrected chi connectivity index (χ4v) is 5.22. The quantitative estimate of drug-likeness (QED) is 0.617. The lowest BCUT2D eigenvalue weighted by molar-refractivity contribution is 0.182. The van der Waals surface area contributed by atoms with Gasteiger partial charge in [-0.1, -0.05) is 11.6 Å². The molecular formula is C21H21ClN2O5S. The average molecular weight is 449 g/mol. The molecule has 158 valence electrons. The van der Waals surface area contributed by atoms with Gasteiger partial charge in [0.2, 0.25) is 10.0 Å². The number of nitrogens with zero attached hydrogens (tertiary/aromatic N) is 2. The van der Waals surface area contributed by atoms with Crippen LogP contribution in [0, 0.1) is 6.92 Å². The molecule has 1 saturated heterocycles. The van der Waals surface area contributed by atoms with Gasteiger partial charge in [-0.3, -0.25) is 4.90 Å². The molecule has 1 fully saturated rings. The summed E-state index contributed by atoms with van der Waals surface area (Å²) in [7, 11) is -3.57. The lowest BCUT2D eigenvalue weighted by Crippen LogP contribution is -2.48. The third kappa shape index (κ3) is 3.96. The number of phenols is 1. The van der Waals surface area contributed by atoms with Crippen LogP contribution in [0.2, 0.25) is 5.02 Å². The van der Waals surface area contributed by atoms with E-state index in [1.165, 1.54) is 22.5 Å². The molecule has 1 N–H and O–H groups in total. The molecule has 0 unspecified atom stereocenters. The maximum atomic E-state index is 12.8. The highest BCUT2D eigenvalue weighted by molar-refractivity contribution is 7.89. The first kappa shape index (κ1) is 20.9. The minimum Gasteiger partial charge on any atom is -0.508 e. The molecule has 4 rings (SSSR count). The van der Waals surface area contributed by atoms with Crippen LogP contribution in [-0.2, 0) is 16.6 Å². The van der Waals surface area contributed by atoms with E-state index in [0.717, 1.165) is 10.9 Å². The summed E-state index contributed by atoms with van der Waals surface area (Å²) in [5.41, 5.74) is 1.21. The minimum absolute atomic E-state index is 0.0730. The number of fused-ring (bicyclic) bond motifs is 1. The van der Waals surface area contributed by atoms with Gasteiger partial charge in [0.05, 0.1) is 4.90 Å². The molecular weight excluding hydrogens is 428 g/mol. The van der Waals surface area contributed by atoms with E-state index in [0.29, 0.717) is 48.9 Å². The zero-order valence-corrected chi connectivity index (χ0v) is 17.9. The maximum absolute atomic E-state index is 12.8. The van der Waals surface area contributed by atoms with Crippen molar-refractivity contribution in [2.45, 2.75) is 18.4 Å². The number of aryl methyl sites for hydroxylation is 1. The van der Waals surface area contributed by atoms with Crippen molar-refractivity contribution >= 4 is 32.6 Å². The third-order valence-electron chi connectivity index (χ3n) is 5.39. The number of benzene rings is 2. The normalized spacial score (nSPS) is 16.2. The summed E-state index contributed by atoms with van der Waals surface area (Å²) >= 11 is 5.86. The van der Waals surface area contributed by atoms with Crippen molar-refractivity contribution in [1.82, 2.24) is 9.21 Å². The summed E-state index contributed by atoms with van der Waals surface area (Å²) in [5, 5.41) is 11.1. The van der Waals surface area contributed by atoms with E-state index < -0.39 is 15.6 Å². The number of phenolic OH excluding ortho intramolecular Hbond substituents is 1. The smallest absolute Gasteiger partial charge is 0.336 e. The molecule has 1 aliphatic heterocycles. The van der Waals surface area contributed by atoms with Gasteiger partial charge in [-0.25, -0.2) is 13.2 Å². The van der Waals surface area contributed by atoms with Crippen molar-refractivity contribution in [2.75, 3.05) is 26.2 Å². The van der Waals surface area contributed by atoms with Crippen molar-refractivity contribution in [1.29, 1.82) is 0 Å². The van der Waals surface area contributed by atoms with Gasteiger partial charge in [-0.2, -0.15) is 4.31 Å². The van der Waals surface area contributed by atoms with Gasteiger partial charge >= 0.3 is 5.63 Å². The Kier molecular flexibility index (Phi) is 5.59. The zero-order chi connectivity index (χ0) is 21.5. The Balaban J connectivity index is 1.51. The monoisotopic (exact) mass is 448 g/mol. The van der Waals surface area contributed by atoms with Crippen LogP contribution in [0.4, 0.5) is 0 Å². The van der Waals surface area contributed by atoms with E-state index in [1.54, 1.807) is 31.2 Å². The van der Waals surface area contributed by atoms with Crippen LogP contribution < -0.4 is 5.63 Å². The van der Waals surface area contributed by atoms with Gasteiger partial charge in [-0.05, 0) is 48.9 Å². The molecule has 9 heteroatoms. The molecule has 1 aliphatic rings. The van der Waals surface area contributed by atoms with Gasteiger partial charge in [-0.15, -0.1) is 0 Å². The summed E-state index contributed by atoms with van der Waals surface area (Å²) in [6, 6.07) is 10.9. The Labute approximate surface area is 179 Å². The highest BCUT2D eigenvalue weighted by Gasteiger charge is 2.28. The highest BCUT2D eigenvalue weighted by atomic mass is 35.5. The Bertz CT molecular complexity index is 1250. The number of aromatic hydroxyl groups is 1. The molecule has 1 aromatic heterocycles. The van der Waals surface area contributed by atoms with Crippen molar-refractivity contribution in [2.24, 2.45) is 0 Å². The van der Waals surface area contributed by atoms with Gasteiger partial charge in [0.1, 0.15) is 11.3 Å². The predicted octanol–water partition coefficient (Wildman–Crippen LogP) is 2.97. The summed E-state index contributed by atoms with van der Waals surface area (Å²) in [6.07, 6.45) is 0. The predicted molar refractivity (Wildman–Crippen MR) is 114 cm³/mol. The molecule has 0 saturated carbocycles. The lowest BCUT2D eigenvalue weighted by Gasteiger charge is -2.34. The summed E-state index contributed by atoms with van der Waals surface area (Å²) in [4.78, 5) is 14.3. The third-order valence-corrected chi connectivity index (χ3v) is 7.56. The fourth-order valence-electron chi connectivity index (χ4n) is 3.67. The van der Waals surface area contributed by atoms with E-state index in [9.17, 15) is 18.3 Å². The van der Waals surface area contributed by atoms with Crippen molar-refractivity contribution in [3.8, 4) is 5.75 Å². The molecule has 3 aromatic rings. The van der Waals surface area contributed by atoms with Crippen LogP contribution in [0.15, 0.2) is 56.6 Å². The van der Waals surface area contributed by atoms with Crippen molar-refractivity contribution < 1.29 is 17.9 Å². The van der Waals surface area contributed by atoms with Crippen molar-refractivity contribution in [3.63, 3.8) is 0 Å². The van der Waals surface area contributed by atoms with Crippen LogP contribution in [0.3, 0.4) is 0 Å². The van der Waals surface area contributed by atoms with E-state index in [4.69, 9.17) is 16.0 Å². The number of halogens is 1. The van der Waals surface area contributed by atoms with Crippen LogP contribution in [0.1, 0.15) is 11.1 Å². The number of rotatable bonds is 4. The average Bonchev–Trinajstić information content (AvgIpc) is 2.72. The Morgan fingerprint density at radius 1 is 1.07 bits per heavy atom. The fraction of sp³-hybridized carbons (Fsp3) is 0.286. The van der Waals surface area contributed by atoms with Crippen LogP contribution >= 0.6 is 11.6 Å². The van der Waals surface area contributed by atoms with Crippen molar-refractivity contribution in [3.05, 3.63) is 69.0 Å². The van der Waals surface area contributed by atoms with Crippen LogP contribution in [0.25, 0.3) is 11.0 Å². The second-order valence-electron chi connectivity index (χ2n) is 7.31. The van der Waals surface area contributed by atoms with E-state index in [2.05, 4.69) is 4.90 Å². The van der Waals surface area contributed by atoms with E-state index in [1.807, 2.05) is 0 Å². The Morgan fingerprint density at radius 3 is 2.40 bits per heavy atom. The molecule has 0 bridgehead atoms. The summed E-state index contributed by atoms with van der Waals surface area (Å²) in [5.74, 6) is 0.0730. The molecule has 2 heterocycles. The largest absolute Gasteiger partial charge is 0.508 e. The standard InChI is InChI=1S/C21H21ClN2O5S/c1-14-19(25)7-6-18-15(12-20(26)29-21(14)18)13-23-8-10-24(11-9-23)30(27,28)17-4-2-16(22)3-5-17/h2-7,12,25H,8-11,13H2,1H3. The molecule has 30 heavy (non-hydrogen) atoms. The first-order valence-corrected chi connectivity index (χ1v) is 11.3. The SMILES string of the molecule is Cc1c(O)ccc2c(CN3CCN(S(=O)(=O)c4ccc(Cl)cc4)CC3)cc(=O)oc12. The summed E-state index contributed by atoms with van der Waals surface area (Å²) in [6.45, 7) is 3.96. The first-order valence-electron chi connectivity index (χ1n) is 9.49. The molecule has 0 amide bonds. The topological polar surface area (TPSA) is 91.1 Å². The van der Waals surface area contributed by atoms with Gasteiger partial charge in [0, 0.05) is 54.8 Å². The van der Waals surface area contributed by atoms with Gasteiger partial charge in [0.25, 0.3) is 0 Å². The lowest BCUT2D eigenvalue weighted by atomic mass is 10.1. The minimum atomic E-state index is -3.57. The molecule has 0 spiro atoms. The number of sulfonamides is 1. The second kappa shape index (κ2) is 8.03. The van der Waals surface area contributed by atoms with E-state index in [-0.39, 0.29) is 10.6 Å². The highest BCUT2D eigenvalue weighted by Crippen LogP contribution is 2.28.